The lowest BCUT2D eigenvalue weighted by atomic mass is 9.89. The molecule has 0 saturated heterocycles. The lowest BCUT2D eigenvalue weighted by Gasteiger charge is -2.38. The Bertz CT molecular complexity index is 1090. The molecule has 0 unspecified atom stereocenters. The van der Waals surface area contributed by atoms with Gasteiger partial charge >= 0.3 is 0 Å². The van der Waals surface area contributed by atoms with Gasteiger partial charge in [-0.05, 0) is 61.4 Å². The smallest absolute Gasteiger partial charge is 0.261 e. The molecule has 2 atom stereocenters. The van der Waals surface area contributed by atoms with Crippen LogP contribution in [0, 0.1) is 0 Å². The van der Waals surface area contributed by atoms with Crippen molar-refractivity contribution in [2.45, 2.75) is 51.4 Å². The molecule has 31 heavy (non-hydrogen) atoms. The minimum absolute atomic E-state index is 0.132. The number of benzene rings is 3. The molecule has 0 radical (unpaired) electrons. The summed E-state index contributed by atoms with van der Waals surface area (Å²) < 4.78 is 17.6. The van der Waals surface area contributed by atoms with Crippen LogP contribution in [0.4, 0.5) is 0 Å². The van der Waals surface area contributed by atoms with E-state index in [4.69, 9.17) is 14.2 Å². The second-order valence-electron chi connectivity index (χ2n) is 8.55. The van der Waals surface area contributed by atoms with Gasteiger partial charge in [-0.2, -0.15) is 0 Å². The average Bonchev–Trinajstić information content (AvgIpc) is 2.76. The van der Waals surface area contributed by atoms with E-state index in [0.717, 1.165) is 27.8 Å². The van der Waals surface area contributed by atoms with Gasteiger partial charge in [0.2, 0.25) is 0 Å². The summed E-state index contributed by atoms with van der Waals surface area (Å²) in [5.41, 5.74) is 0.535. The fourth-order valence-corrected chi connectivity index (χ4v) is 4.08. The van der Waals surface area contributed by atoms with Crippen molar-refractivity contribution >= 4 is 16.7 Å². The van der Waals surface area contributed by atoms with E-state index in [0.29, 0.717) is 18.6 Å². The van der Waals surface area contributed by atoms with Crippen LogP contribution < -0.4 is 19.5 Å². The van der Waals surface area contributed by atoms with Crippen molar-refractivity contribution in [3.05, 3.63) is 66.2 Å². The van der Waals surface area contributed by atoms with Crippen molar-refractivity contribution in [1.82, 2.24) is 5.32 Å². The maximum Gasteiger partial charge on any atom is 0.261 e. The van der Waals surface area contributed by atoms with Gasteiger partial charge in [0, 0.05) is 12.0 Å². The zero-order chi connectivity index (χ0) is 22.0. The molecule has 1 amide bonds. The number of hydrogen-bond donors (Lipinski definition) is 1. The zero-order valence-electron chi connectivity index (χ0n) is 18.5. The summed E-state index contributed by atoms with van der Waals surface area (Å²) in [6.45, 7) is 6.01. The van der Waals surface area contributed by atoms with E-state index < -0.39 is 6.10 Å². The number of amides is 1. The summed E-state index contributed by atoms with van der Waals surface area (Å²) in [6, 6.07) is 19.5. The molecule has 3 aromatic rings. The van der Waals surface area contributed by atoms with Crippen molar-refractivity contribution < 1.29 is 19.0 Å². The summed E-state index contributed by atoms with van der Waals surface area (Å²) in [7, 11) is 1.63. The fourth-order valence-electron chi connectivity index (χ4n) is 4.08. The van der Waals surface area contributed by atoms with Crippen LogP contribution in [-0.4, -0.2) is 24.7 Å². The van der Waals surface area contributed by atoms with E-state index in [-0.39, 0.29) is 17.6 Å². The first-order chi connectivity index (χ1) is 14.9. The average molecular weight is 420 g/mol. The Kier molecular flexibility index (Phi) is 5.77. The minimum atomic E-state index is -0.582. The number of ether oxygens (including phenoxy) is 3. The Balaban J connectivity index is 1.54. The molecule has 5 nitrogen and oxygen atoms in total. The van der Waals surface area contributed by atoms with Crippen LogP contribution >= 0.6 is 0 Å². The molecule has 1 N–H and O–H groups in total. The maximum absolute atomic E-state index is 13.2. The van der Waals surface area contributed by atoms with E-state index in [9.17, 15) is 4.79 Å². The van der Waals surface area contributed by atoms with Crippen molar-refractivity contribution in [3.8, 4) is 17.2 Å². The zero-order valence-corrected chi connectivity index (χ0v) is 18.5. The van der Waals surface area contributed by atoms with Crippen molar-refractivity contribution in [2.24, 2.45) is 0 Å². The van der Waals surface area contributed by atoms with Gasteiger partial charge in [0.05, 0.1) is 13.2 Å². The third kappa shape index (κ3) is 4.61. The largest absolute Gasteiger partial charge is 0.497 e. The monoisotopic (exact) mass is 419 g/mol. The number of rotatable bonds is 6. The number of carbonyl (C=O) groups excluding carboxylic acids is 1. The van der Waals surface area contributed by atoms with Gasteiger partial charge in [0.1, 0.15) is 22.8 Å². The maximum atomic E-state index is 13.2. The summed E-state index contributed by atoms with van der Waals surface area (Å²) in [5, 5.41) is 5.42. The van der Waals surface area contributed by atoms with Crippen molar-refractivity contribution in [1.29, 1.82) is 0 Å². The molecular formula is C26H29NO4. The van der Waals surface area contributed by atoms with E-state index in [2.05, 4.69) is 11.4 Å². The number of carbonyl (C=O) groups is 1. The molecule has 3 aromatic carbocycles. The summed E-state index contributed by atoms with van der Waals surface area (Å²) in [6.07, 6.45) is 0.642. The van der Waals surface area contributed by atoms with Gasteiger partial charge in [-0.1, -0.05) is 37.3 Å². The van der Waals surface area contributed by atoms with E-state index in [1.807, 2.05) is 75.4 Å². The Morgan fingerprint density at radius 3 is 2.58 bits per heavy atom. The highest BCUT2D eigenvalue weighted by molar-refractivity contribution is 5.84. The van der Waals surface area contributed by atoms with Gasteiger partial charge < -0.3 is 19.5 Å². The van der Waals surface area contributed by atoms with Gasteiger partial charge in [-0.25, -0.2) is 0 Å². The first-order valence-electron chi connectivity index (χ1n) is 10.7. The molecule has 1 aliphatic rings. The Morgan fingerprint density at radius 1 is 1.10 bits per heavy atom. The first kappa shape index (κ1) is 21.0. The van der Waals surface area contributed by atoms with Gasteiger partial charge in [0.15, 0.2) is 6.10 Å². The second-order valence-corrected chi connectivity index (χ2v) is 8.55. The van der Waals surface area contributed by atoms with Crippen molar-refractivity contribution in [2.75, 3.05) is 7.11 Å². The SMILES string of the molecule is CC[C@@H](Oc1ccc2ccccc2c1)C(=O)N[C@H]1CC(C)(C)Oc2ccc(OC)cc21. The molecule has 1 heterocycles. The normalized spacial score (nSPS) is 17.9. The van der Waals surface area contributed by atoms with Crippen LogP contribution in [0.2, 0.25) is 0 Å². The third-order valence-corrected chi connectivity index (χ3v) is 5.65. The summed E-state index contributed by atoms with van der Waals surface area (Å²) in [4.78, 5) is 13.2. The van der Waals surface area contributed by atoms with Crippen LogP contribution in [0.3, 0.4) is 0 Å². The topological polar surface area (TPSA) is 56.8 Å². The third-order valence-electron chi connectivity index (χ3n) is 5.65. The number of hydrogen-bond acceptors (Lipinski definition) is 4. The van der Waals surface area contributed by atoms with Crippen LogP contribution in [0.5, 0.6) is 17.2 Å². The van der Waals surface area contributed by atoms with Crippen LogP contribution in [0.15, 0.2) is 60.7 Å². The van der Waals surface area contributed by atoms with E-state index in [1.165, 1.54) is 0 Å². The van der Waals surface area contributed by atoms with Crippen LogP contribution in [-0.2, 0) is 4.79 Å². The van der Waals surface area contributed by atoms with Crippen LogP contribution in [0.1, 0.15) is 45.2 Å². The minimum Gasteiger partial charge on any atom is -0.497 e. The van der Waals surface area contributed by atoms with Gasteiger partial charge in [-0.15, -0.1) is 0 Å². The molecular weight excluding hydrogens is 390 g/mol. The molecule has 0 bridgehead atoms. The Hall–Kier alpha value is -3.21. The fraction of sp³-hybridized carbons (Fsp3) is 0.346. The number of fused-ring (bicyclic) bond motifs is 2. The van der Waals surface area contributed by atoms with E-state index >= 15 is 0 Å². The standard InChI is InChI=1S/C26H29NO4/c1-5-23(30-20-11-10-17-8-6-7-9-18(17)14-20)25(28)27-22-16-26(2,3)31-24-13-12-19(29-4)15-21(22)24/h6-15,22-23H,5,16H2,1-4H3,(H,27,28)/t22-,23+/m0/s1. The predicted molar refractivity (Wildman–Crippen MR) is 122 cm³/mol. The highest BCUT2D eigenvalue weighted by Crippen LogP contribution is 2.41. The molecule has 0 aromatic heterocycles. The summed E-state index contributed by atoms with van der Waals surface area (Å²) in [5.74, 6) is 2.06. The van der Waals surface area contributed by atoms with Gasteiger partial charge in [0.25, 0.3) is 5.91 Å². The molecule has 0 spiro atoms. The molecule has 4 rings (SSSR count). The number of nitrogens with one attached hydrogen (secondary N) is 1. The number of methoxy groups -OCH3 is 1. The Labute approximate surface area is 183 Å². The highest BCUT2D eigenvalue weighted by atomic mass is 16.5. The lowest BCUT2D eigenvalue weighted by Crippen LogP contribution is -2.45. The predicted octanol–water partition coefficient (Wildman–Crippen LogP) is 5.42. The molecule has 0 fully saturated rings. The first-order valence-corrected chi connectivity index (χ1v) is 10.7. The quantitative estimate of drug-likeness (QED) is 0.579. The molecule has 162 valence electrons. The highest BCUT2D eigenvalue weighted by Gasteiger charge is 2.36. The molecule has 0 saturated carbocycles. The van der Waals surface area contributed by atoms with Gasteiger partial charge in [-0.3, -0.25) is 4.79 Å². The van der Waals surface area contributed by atoms with Crippen molar-refractivity contribution in [3.63, 3.8) is 0 Å². The molecule has 5 heteroatoms. The lowest BCUT2D eigenvalue weighted by molar-refractivity contribution is -0.129. The second kappa shape index (κ2) is 8.50. The Morgan fingerprint density at radius 2 is 1.84 bits per heavy atom. The molecule has 1 aliphatic heterocycles. The van der Waals surface area contributed by atoms with E-state index in [1.54, 1.807) is 7.11 Å². The van der Waals surface area contributed by atoms with Crippen LogP contribution in [0.25, 0.3) is 10.8 Å². The summed E-state index contributed by atoms with van der Waals surface area (Å²) >= 11 is 0. The molecule has 0 aliphatic carbocycles.